The molecule has 1 fully saturated rings. The van der Waals surface area contributed by atoms with E-state index >= 15 is 0 Å². The van der Waals surface area contributed by atoms with Crippen molar-refractivity contribution >= 4 is 23.4 Å². The van der Waals surface area contributed by atoms with Gasteiger partial charge < -0.3 is 14.8 Å². The molecule has 104 valence electrons. The number of aromatic nitrogens is 1. The third-order valence-corrected chi connectivity index (χ3v) is 3.30. The van der Waals surface area contributed by atoms with E-state index in [0.717, 1.165) is 19.4 Å². The molecule has 0 saturated carbocycles. The Morgan fingerprint density at radius 2 is 2.32 bits per heavy atom. The number of rotatable bonds is 3. The molecule has 0 unspecified atom stereocenters. The fourth-order valence-electron chi connectivity index (χ4n) is 2.22. The number of amides is 2. The van der Waals surface area contributed by atoms with Crippen LogP contribution in [0.1, 0.15) is 30.3 Å². The quantitative estimate of drug-likeness (QED) is 0.914. The predicted molar refractivity (Wildman–Crippen MR) is 73.3 cm³/mol. The molecule has 0 spiro atoms. The van der Waals surface area contributed by atoms with E-state index in [1.54, 1.807) is 17.2 Å². The van der Waals surface area contributed by atoms with Gasteiger partial charge in [-0.1, -0.05) is 18.5 Å². The van der Waals surface area contributed by atoms with Gasteiger partial charge >= 0.3 is 0 Å². The Balaban J connectivity index is 2.20. The van der Waals surface area contributed by atoms with Gasteiger partial charge in [-0.2, -0.15) is 0 Å². The summed E-state index contributed by atoms with van der Waals surface area (Å²) < 4.78 is 1.85. The maximum atomic E-state index is 12.5. The highest BCUT2D eigenvalue weighted by molar-refractivity contribution is 6.31. The first-order chi connectivity index (χ1) is 9.11. The lowest BCUT2D eigenvalue weighted by molar-refractivity contribution is -0.121. The molecule has 0 aliphatic carbocycles. The summed E-state index contributed by atoms with van der Waals surface area (Å²) in [5.74, 6) is -0.233. The number of hydrogen-bond acceptors (Lipinski definition) is 2. The zero-order valence-corrected chi connectivity index (χ0v) is 11.7. The minimum Gasteiger partial charge on any atom is -0.354 e. The summed E-state index contributed by atoms with van der Waals surface area (Å²) in [6, 6.07) is 1.67. The van der Waals surface area contributed by atoms with E-state index in [-0.39, 0.29) is 18.4 Å². The lowest BCUT2D eigenvalue weighted by Gasteiger charge is -2.19. The van der Waals surface area contributed by atoms with Crippen LogP contribution in [0.25, 0.3) is 0 Å². The smallest absolute Gasteiger partial charge is 0.270 e. The first-order valence-electron chi connectivity index (χ1n) is 6.53. The summed E-state index contributed by atoms with van der Waals surface area (Å²) in [5.41, 5.74) is 0.557. The normalized spacial score (nSPS) is 16.1. The number of carbonyl (C=O) groups excluding carboxylic acids is 2. The molecule has 1 aliphatic heterocycles. The number of hydrogen-bond donors (Lipinski definition) is 1. The van der Waals surface area contributed by atoms with Gasteiger partial charge in [0.05, 0.1) is 11.6 Å². The van der Waals surface area contributed by atoms with Crippen molar-refractivity contribution in [1.82, 2.24) is 14.8 Å². The molecule has 2 amide bonds. The van der Waals surface area contributed by atoms with Crippen molar-refractivity contribution < 1.29 is 9.59 Å². The molecule has 0 atom stereocenters. The third kappa shape index (κ3) is 3.29. The van der Waals surface area contributed by atoms with Crippen molar-refractivity contribution in [3.05, 3.63) is 23.0 Å². The highest BCUT2D eigenvalue weighted by Crippen LogP contribution is 2.17. The van der Waals surface area contributed by atoms with Crippen LogP contribution in [0.4, 0.5) is 0 Å². The minimum absolute atomic E-state index is 0.106. The van der Waals surface area contributed by atoms with Gasteiger partial charge in [-0.3, -0.25) is 9.59 Å². The molecule has 1 saturated heterocycles. The van der Waals surface area contributed by atoms with Crippen LogP contribution in [0.5, 0.6) is 0 Å². The van der Waals surface area contributed by atoms with Crippen LogP contribution in [0.15, 0.2) is 12.3 Å². The monoisotopic (exact) mass is 283 g/mol. The second-order valence-electron chi connectivity index (χ2n) is 4.67. The van der Waals surface area contributed by atoms with E-state index in [1.807, 2.05) is 11.5 Å². The highest BCUT2D eigenvalue weighted by atomic mass is 35.5. The molecule has 0 radical (unpaired) electrons. The van der Waals surface area contributed by atoms with E-state index in [0.29, 0.717) is 23.8 Å². The summed E-state index contributed by atoms with van der Waals surface area (Å²) in [4.78, 5) is 25.6. The van der Waals surface area contributed by atoms with Crippen LogP contribution in [0.2, 0.25) is 5.02 Å². The minimum atomic E-state index is -0.127. The molecule has 1 aliphatic rings. The topological polar surface area (TPSA) is 54.3 Å². The maximum Gasteiger partial charge on any atom is 0.270 e. The van der Waals surface area contributed by atoms with Crippen LogP contribution in [-0.2, 0) is 11.3 Å². The van der Waals surface area contributed by atoms with Crippen molar-refractivity contribution in [1.29, 1.82) is 0 Å². The van der Waals surface area contributed by atoms with Crippen LogP contribution in [0, 0.1) is 0 Å². The average molecular weight is 284 g/mol. The van der Waals surface area contributed by atoms with Crippen LogP contribution in [-0.4, -0.2) is 40.9 Å². The fraction of sp³-hybridized carbons (Fsp3) is 0.538. The van der Waals surface area contributed by atoms with Gasteiger partial charge in [-0.05, 0) is 18.9 Å². The maximum absolute atomic E-state index is 12.5. The Hall–Kier alpha value is -1.49. The second-order valence-corrected chi connectivity index (χ2v) is 5.10. The molecule has 1 aromatic heterocycles. The van der Waals surface area contributed by atoms with Gasteiger partial charge in [-0.25, -0.2) is 0 Å². The Morgan fingerprint density at radius 3 is 3.05 bits per heavy atom. The molecule has 5 nitrogen and oxygen atoms in total. The lowest BCUT2D eigenvalue weighted by Crippen LogP contribution is -2.38. The molecule has 0 aromatic carbocycles. The predicted octanol–water partition coefficient (Wildman–Crippen LogP) is 1.51. The molecule has 0 bridgehead atoms. The molecule has 19 heavy (non-hydrogen) atoms. The first kappa shape index (κ1) is 13.9. The Kier molecular flexibility index (Phi) is 4.47. The van der Waals surface area contributed by atoms with E-state index in [1.165, 1.54) is 0 Å². The van der Waals surface area contributed by atoms with Crippen molar-refractivity contribution in [3.63, 3.8) is 0 Å². The molecule has 6 heteroatoms. The first-order valence-corrected chi connectivity index (χ1v) is 6.91. The molecule has 1 N–H and O–H groups in total. The lowest BCUT2D eigenvalue weighted by atomic mass is 10.3. The Labute approximate surface area is 117 Å². The fourth-order valence-corrected chi connectivity index (χ4v) is 2.44. The Bertz CT molecular complexity index is 484. The van der Waals surface area contributed by atoms with Crippen LogP contribution in [0.3, 0.4) is 0 Å². The Morgan fingerprint density at radius 1 is 1.53 bits per heavy atom. The van der Waals surface area contributed by atoms with Gasteiger partial charge in [-0.15, -0.1) is 0 Å². The van der Waals surface area contributed by atoms with E-state index in [2.05, 4.69) is 5.32 Å². The summed E-state index contributed by atoms with van der Waals surface area (Å²) in [6.07, 6.45) is 3.46. The van der Waals surface area contributed by atoms with Crippen molar-refractivity contribution in [2.75, 3.05) is 19.6 Å². The van der Waals surface area contributed by atoms with Gasteiger partial charge in [0.1, 0.15) is 5.69 Å². The highest BCUT2D eigenvalue weighted by Gasteiger charge is 2.23. The zero-order chi connectivity index (χ0) is 13.8. The van der Waals surface area contributed by atoms with Crippen LogP contribution >= 0.6 is 11.6 Å². The SMILES string of the molecule is CCCn1cc(Cl)cc1C(=O)N1CCCNC(=O)C1. The van der Waals surface area contributed by atoms with Gasteiger partial charge in [0.25, 0.3) is 5.91 Å². The summed E-state index contributed by atoms with van der Waals surface area (Å²) in [6.45, 7) is 4.12. The van der Waals surface area contributed by atoms with Crippen molar-refractivity contribution in [2.45, 2.75) is 26.3 Å². The zero-order valence-electron chi connectivity index (χ0n) is 11.0. The van der Waals surface area contributed by atoms with Crippen molar-refractivity contribution in [2.24, 2.45) is 0 Å². The van der Waals surface area contributed by atoms with E-state index < -0.39 is 0 Å². The molecule has 2 rings (SSSR count). The number of carbonyl (C=O) groups is 2. The number of nitrogens with one attached hydrogen (secondary N) is 1. The van der Waals surface area contributed by atoms with Gasteiger partial charge in [0.2, 0.25) is 5.91 Å². The van der Waals surface area contributed by atoms with E-state index in [4.69, 9.17) is 11.6 Å². The summed E-state index contributed by atoms with van der Waals surface area (Å²) in [7, 11) is 0. The summed E-state index contributed by atoms with van der Waals surface area (Å²) in [5, 5.41) is 3.31. The molecule has 2 heterocycles. The number of halogens is 1. The molecular formula is C13H18ClN3O2. The number of aryl methyl sites for hydroxylation is 1. The van der Waals surface area contributed by atoms with Gasteiger partial charge in [0, 0.05) is 25.8 Å². The average Bonchev–Trinajstić information content (AvgIpc) is 2.59. The number of nitrogens with zero attached hydrogens (tertiary/aromatic N) is 2. The van der Waals surface area contributed by atoms with Crippen LogP contribution < -0.4 is 5.32 Å². The largest absolute Gasteiger partial charge is 0.354 e. The second kappa shape index (κ2) is 6.10. The third-order valence-electron chi connectivity index (χ3n) is 3.10. The molecular weight excluding hydrogens is 266 g/mol. The van der Waals surface area contributed by atoms with E-state index in [9.17, 15) is 9.59 Å². The van der Waals surface area contributed by atoms with Gasteiger partial charge in [0.15, 0.2) is 0 Å². The van der Waals surface area contributed by atoms with Crippen molar-refractivity contribution in [3.8, 4) is 0 Å². The standard InChI is InChI=1S/C13H18ClN3O2/c1-2-5-16-8-10(14)7-11(16)13(19)17-6-3-4-15-12(18)9-17/h7-8H,2-6,9H2,1H3,(H,15,18). The summed E-state index contributed by atoms with van der Waals surface area (Å²) >= 11 is 5.97. The molecule has 1 aromatic rings.